The molecule has 100 valence electrons. The van der Waals surface area contributed by atoms with Gasteiger partial charge in [0.1, 0.15) is 10.8 Å². The summed E-state index contributed by atoms with van der Waals surface area (Å²) in [5.74, 6) is -1.31. The maximum atomic E-state index is 13.8. The van der Waals surface area contributed by atoms with Crippen molar-refractivity contribution in [3.63, 3.8) is 0 Å². The lowest BCUT2D eigenvalue weighted by Gasteiger charge is -2.21. The monoisotopic (exact) mass is 280 g/mol. The van der Waals surface area contributed by atoms with Gasteiger partial charge in [0.15, 0.2) is 0 Å². The van der Waals surface area contributed by atoms with Crippen molar-refractivity contribution in [2.24, 2.45) is 5.73 Å². The van der Waals surface area contributed by atoms with Crippen LogP contribution >= 0.6 is 12.2 Å². The number of amides is 2. The summed E-state index contributed by atoms with van der Waals surface area (Å²) in [7, 11) is 0. The number of nitrogens with zero attached hydrogens (tertiary/aromatic N) is 1. The fraction of sp³-hybridized carbons (Fsp3) is 0.308. The van der Waals surface area contributed by atoms with E-state index in [0.29, 0.717) is 12.8 Å². The highest BCUT2D eigenvalue weighted by Gasteiger charge is 2.29. The lowest BCUT2D eigenvalue weighted by molar-refractivity contribution is -0.125. The van der Waals surface area contributed by atoms with E-state index < -0.39 is 5.82 Å². The molecular formula is C13H13FN2O2S. The van der Waals surface area contributed by atoms with Gasteiger partial charge in [-0.15, -0.1) is 0 Å². The molecule has 2 amide bonds. The van der Waals surface area contributed by atoms with Crippen LogP contribution in [0, 0.1) is 5.82 Å². The summed E-state index contributed by atoms with van der Waals surface area (Å²) >= 11 is 4.81. The van der Waals surface area contributed by atoms with Crippen molar-refractivity contribution in [3.05, 3.63) is 29.6 Å². The predicted octanol–water partition coefficient (Wildman–Crippen LogP) is 1.89. The lowest BCUT2D eigenvalue weighted by atomic mass is 10.1. The van der Waals surface area contributed by atoms with Gasteiger partial charge in [-0.2, -0.15) is 0 Å². The second-order valence-electron chi connectivity index (χ2n) is 4.33. The molecule has 0 radical (unpaired) electrons. The molecule has 0 atom stereocenters. The van der Waals surface area contributed by atoms with Crippen molar-refractivity contribution in [1.82, 2.24) is 0 Å². The number of benzene rings is 1. The number of thiocarbonyl (C=S) groups is 1. The summed E-state index contributed by atoms with van der Waals surface area (Å²) in [5, 5.41) is 0. The van der Waals surface area contributed by atoms with Crippen molar-refractivity contribution in [1.29, 1.82) is 0 Å². The van der Waals surface area contributed by atoms with E-state index in [1.165, 1.54) is 18.2 Å². The molecule has 2 N–H and O–H groups in total. The Bertz CT molecular complexity index is 542. The van der Waals surface area contributed by atoms with Crippen LogP contribution in [0.2, 0.25) is 0 Å². The minimum absolute atomic E-state index is 0.0545. The largest absolute Gasteiger partial charge is 0.389 e. The van der Waals surface area contributed by atoms with Gasteiger partial charge in [-0.1, -0.05) is 18.3 Å². The third kappa shape index (κ3) is 2.63. The average Bonchev–Trinajstić information content (AvgIpc) is 2.50. The van der Waals surface area contributed by atoms with Gasteiger partial charge in [-0.05, 0) is 25.0 Å². The minimum Gasteiger partial charge on any atom is -0.389 e. The first-order valence-electron chi connectivity index (χ1n) is 5.96. The first-order valence-corrected chi connectivity index (χ1v) is 6.37. The van der Waals surface area contributed by atoms with Gasteiger partial charge >= 0.3 is 0 Å². The summed E-state index contributed by atoms with van der Waals surface area (Å²) in [6, 6.07) is 4.11. The highest BCUT2D eigenvalue weighted by molar-refractivity contribution is 7.80. The van der Waals surface area contributed by atoms with Crippen LogP contribution in [0.1, 0.15) is 31.2 Å². The number of anilines is 1. The number of rotatable bonds is 2. The Balaban J connectivity index is 2.56. The molecule has 6 heteroatoms. The zero-order valence-electron chi connectivity index (χ0n) is 10.2. The first-order chi connectivity index (χ1) is 9.02. The van der Waals surface area contributed by atoms with E-state index >= 15 is 0 Å². The van der Waals surface area contributed by atoms with Crippen LogP contribution in [0.25, 0.3) is 0 Å². The normalized spacial score (nSPS) is 16.4. The van der Waals surface area contributed by atoms with Gasteiger partial charge in [0, 0.05) is 12.8 Å². The number of imide groups is 1. The third-order valence-electron chi connectivity index (χ3n) is 3.01. The summed E-state index contributed by atoms with van der Waals surface area (Å²) in [4.78, 5) is 24.9. The van der Waals surface area contributed by atoms with Crippen LogP contribution in [0.5, 0.6) is 0 Å². The molecule has 0 saturated carbocycles. The molecule has 1 aromatic carbocycles. The highest BCUT2D eigenvalue weighted by Crippen LogP contribution is 2.27. The number of halogens is 1. The first kappa shape index (κ1) is 13.6. The van der Waals surface area contributed by atoms with Gasteiger partial charge in [0.25, 0.3) is 0 Å². The maximum Gasteiger partial charge on any atom is 0.233 e. The Morgan fingerprint density at radius 3 is 2.32 bits per heavy atom. The topological polar surface area (TPSA) is 63.4 Å². The number of hydrogen-bond donors (Lipinski definition) is 1. The van der Waals surface area contributed by atoms with Crippen molar-refractivity contribution in [2.75, 3.05) is 4.90 Å². The second kappa shape index (κ2) is 5.44. The molecule has 4 nitrogen and oxygen atoms in total. The van der Waals surface area contributed by atoms with Crippen molar-refractivity contribution < 1.29 is 14.0 Å². The van der Waals surface area contributed by atoms with Gasteiger partial charge in [-0.3, -0.25) is 9.59 Å². The fourth-order valence-electron chi connectivity index (χ4n) is 2.13. The van der Waals surface area contributed by atoms with Gasteiger partial charge < -0.3 is 5.73 Å². The molecule has 0 spiro atoms. The van der Waals surface area contributed by atoms with Crippen LogP contribution in [-0.2, 0) is 9.59 Å². The maximum absolute atomic E-state index is 13.8. The molecule has 1 aromatic rings. The van der Waals surface area contributed by atoms with E-state index in [1.54, 1.807) is 0 Å². The van der Waals surface area contributed by atoms with Gasteiger partial charge in [-0.25, -0.2) is 9.29 Å². The van der Waals surface area contributed by atoms with E-state index in [9.17, 15) is 14.0 Å². The summed E-state index contributed by atoms with van der Waals surface area (Å²) < 4.78 is 13.8. The predicted molar refractivity (Wildman–Crippen MR) is 73.2 cm³/mol. The lowest BCUT2D eigenvalue weighted by Crippen LogP contribution is -2.37. The quantitative estimate of drug-likeness (QED) is 0.664. The van der Waals surface area contributed by atoms with Crippen LogP contribution in [0.3, 0.4) is 0 Å². The van der Waals surface area contributed by atoms with E-state index in [1.807, 2.05) is 0 Å². The number of hydrogen-bond acceptors (Lipinski definition) is 3. The summed E-state index contributed by atoms with van der Waals surface area (Å²) in [6.07, 6.45) is 1.83. The van der Waals surface area contributed by atoms with E-state index in [4.69, 9.17) is 18.0 Å². The Morgan fingerprint density at radius 2 is 1.79 bits per heavy atom. The standard InChI is InChI=1S/C13H13FN2O2S/c14-8-4-3-5-9(12(8)13(15)19)16-10(17)6-1-2-7-11(16)18/h3-5H,1-2,6-7H2,(H2,15,19). The summed E-state index contributed by atoms with van der Waals surface area (Å²) in [5.41, 5.74) is 5.58. The smallest absolute Gasteiger partial charge is 0.233 e. The van der Waals surface area contributed by atoms with E-state index in [0.717, 1.165) is 4.90 Å². The van der Waals surface area contributed by atoms with Crippen molar-refractivity contribution >= 4 is 34.7 Å². The molecule has 1 saturated heterocycles. The number of nitrogens with two attached hydrogens (primary N) is 1. The average molecular weight is 280 g/mol. The Hall–Kier alpha value is -1.82. The zero-order chi connectivity index (χ0) is 14.0. The fourth-order valence-corrected chi connectivity index (χ4v) is 2.33. The van der Waals surface area contributed by atoms with Gasteiger partial charge in [0.2, 0.25) is 11.8 Å². The Kier molecular flexibility index (Phi) is 3.90. The Morgan fingerprint density at radius 1 is 1.21 bits per heavy atom. The van der Waals surface area contributed by atoms with Crippen LogP contribution in [0.15, 0.2) is 18.2 Å². The molecule has 1 heterocycles. The molecule has 1 aliphatic heterocycles. The molecule has 0 aliphatic carbocycles. The summed E-state index contributed by atoms with van der Waals surface area (Å²) in [6.45, 7) is 0. The minimum atomic E-state index is -0.630. The number of carbonyl (C=O) groups is 2. The van der Waals surface area contributed by atoms with Crippen LogP contribution in [0.4, 0.5) is 10.1 Å². The van der Waals surface area contributed by atoms with Gasteiger partial charge in [0.05, 0.1) is 11.3 Å². The second-order valence-corrected chi connectivity index (χ2v) is 4.77. The molecule has 0 aromatic heterocycles. The van der Waals surface area contributed by atoms with E-state index in [-0.39, 0.29) is 40.9 Å². The van der Waals surface area contributed by atoms with Crippen molar-refractivity contribution in [2.45, 2.75) is 25.7 Å². The number of carbonyl (C=O) groups excluding carboxylic acids is 2. The SMILES string of the molecule is NC(=S)c1c(F)cccc1N1C(=O)CCCCC1=O. The molecule has 0 unspecified atom stereocenters. The molecular weight excluding hydrogens is 267 g/mol. The molecule has 19 heavy (non-hydrogen) atoms. The molecule has 2 rings (SSSR count). The molecule has 0 bridgehead atoms. The van der Waals surface area contributed by atoms with Crippen LogP contribution < -0.4 is 10.6 Å². The van der Waals surface area contributed by atoms with Crippen molar-refractivity contribution in [3.8, 4) is 0 Å². The Labute approximate surface area is 115 Å². The molecule has 1 fully saturated rings. The third-order valence-corrected chi connectivity index (χ3v) is 3.21. The van der Waals surface area contributed by atoms with E-state index in [2.05, 4.69) is 0 Å². The zero-order valence-corrected chi connectivity index (χ0v) is 11.0. The molecule has 1 aliphatic rings. The van der Waals surface area contributed by atoms with Crippen LogP contribution in [-0.4, -0.2) is 16.8 Å². The highest BCUT2D eigenvalue weighted by atomic mass is 32.1.